The second kappa shape index (κ2) is 5.90. The summed E-state index contributed by atoms with van der Waals surface area (Å²) in [4.78, 5) is 0. The third-order valence-electron chi connectivity index (χ3n) is 4.60. The predicted molar refractivity (Wildman–Crippen MR) is 86.9 cm³/mol. The summed E-state index contributed by atoms with van der Waals surface area (Å²) in [5.74, 6) is 1.01. The highest BCUT2D eigenvalue weighted by atomic mass is 16.5. The molecule has 0 saturated carbocycles. The van der Waals surface area contributed by atoms with E-state index in [-0.39, 0.29) is 12.1 Å². The zero-order valence-electron chi connectivity index (χ0n) is 13.0. The number of ether oxygens (including phenoxy) is 1. The minimum atomic E-state index is 0.186. The highest BCUT2D eigenvalue weighted by Gasteiger charge is 2.30. The van der Waals surface area contributed by atoms with Gasteiger partial charge in [0.05, 0.1) is 6.04 Å². The van der Waals surface area contributed by atoms with E-state index in [1.54, 1.807) is 0 Å². The van der Waals surface area contributed by atoms with Gasteiger partial charge in [0.2, 0.25) is 0 Å². The van der Waals surface area contributed by atoms with Gasteiger partial charge in [-0.15, -0.1) is 0 Å². The van der Waals surface area contributed by atoms with Crippen molar-refractivity contribution in [3.63, 3.8) is 0 Å². The Kier molecular flexibility index (Phi) is 3.98. The van der Waals surface area contributed by atoms with E-state index in [4.69, 9.17) is 4.74 Å². The number of hydrogen-bond acceptors (Lipinski definition) is 2. The Morgan fingerprint density at radius 1 is 1.05 bits per heavy atom. The van der Waals surface area contributed by atoms with Gasteiger partial charge < -0.3 is 10.1 Å². The summed E-state index contributed by atoms with van der Waals surface area (Å²) in [7, 11) is 2.02. The molecule has 2 aromatic carbocycles. The Bertz CT molecular complexity index is 635. The minimum Gasteiger partial charge on any atom is -0.488 e. The van der Waals surface area contributed by atoms with Crippen LogP contribution in [0, 0.1) is 13.8 Å². The summed E-state index contributed by atoms with van der Waals surface area (Å²) in [6.45, 7) is 4.27. The maximum Gasteiger partial charge on any atom is 0.122 e. The third kappa shape index (κ3) is 2.68. The van der Waals surface area contributed by atoms with E-state index in [9.17, 15) is 0 Å². The second-order valence-electron chi connectivity index (χ2n) is 5.86. The molecule has 1 N–H and O–H groups in total. The van der Waals surface area contributed by atoms with Crippen LogP contribution < -0.4 is 10.1 Å². The molecule has 0 saturated heterocycles. The highest BCUT2D eigenvalue weighted by molar-refractivity contribution is 5.39. The summed E-state index contributed by atoms with van der Waals surface area (Å²) in [6, 6.07) is 15.2. The fraction of sp³-hybridized carbons (Fsp3) is 0.368. The molecule has 3 rings (SSSR count). The molecule has 2 nitrogen and oxygen atoms in total. The first-order valence-corrected chi connectivity index (χ1v) is 7.68. The van der Waals surface area contributed by atoms with Gasteiger partial charge in [-0.05, 0) is 62.1 Å². The summed E-state index contributed by atoms with van der Waals surface area (Å²) < 4.78 is 6.36. The molecule has 110 valence electrons. The van der Waals surface area contributed by atoms with Crippen LogP contribution in [0.1, 0.15) is 34.7 Å². The highest BCUT2D eigenvalue weighted by Crippen LogP contribution is 2.33. The molecule has 0 spiro atoms. The average molecular weight is 281 g/mol. The van der Waals surface area contributed by atoms with E-state index in [2.05, 4.69) is 61.6 Å². The van der Waals surface area contributed by atoms with Crippen molar-refractivity contribution < 1.29 is 4.74 Å². The Labute approximate surface area is 127 Å². The Hall–Kier alpha value is -1.80. The molecular weight excluding hydrogens is 258 g/mol. The Morgan fingerprint density at radius 3 is 2.67 bits per heavy atom. The average Bonchev–Trinajstić information content (AvgIpc) is 2.51. The lowest BCUT2D eigenvalue weighted by Crippen LogP contribution is -2.38. The zero-order chi connectivity index (χ0) is 14.8. The van der Waals surface area contributed by atoms with Crippen molar-refractivity contribution in [3.05, 3.63) is 64.7 Å². The summed E-state index contributed by atoms with van der Waals surface area (Å²) in [5.41, 5.74) is 5.34. The fourth-order valence-electron chi connectivity index (χ4n) is 3.21. The van der Waals surface area contributed by atoms with E-state index in [1.807, 2.05) is 7.05 Å². The monoisotopic (exact) mass is 281 g/mol. The van der Waals surface area contributed by atoms with Crippen molar-refractivity contribution in [2.75, 3.05) is 7.05 Å². The SMILES string of the molecule is CNC1c2ccccc2CCC1Oc1cccc(C)c1C. The smallest absolute Gasteiger partial charge is 0.122 e. The topological polar surface area (TPSA) is 21.3 Å². The van der Waals surface area contributed by atoms with Crippen LogP contribution in [0.2, 0.25) is 0 Å². The molecule has 21 heavy (non-hydrogen) atoms. The van der Waals surface area contributed by atoms with Crippen LogP contribution in [-0.4, -0.2) is 13.2 Å². The van der Waals surface area contributed by atoms with Crippen molar-refractivity contribution in [2.45, 2.75) is 38.8 Å². The second-order valence-corrected chi connectivity index (χ2v) is 5.86. The van der Waals surface area contributed by atoms with Crippen molar-refractivity contribution >= 4 is 0 Å². The molecule has 1 aliphatic carbocycles. The lowest BCUT2D eigenvalue weighted by molar-refractivity contribution is 0.138. The van der Waals surface area contributed by atoms with Crippen LogP contribution in [0.3, 0.4) is 0 Å². The van der Waals surface area contributed by atoms with E-state index >= 15 is 0 Å². The van der Waals surface area contributed by atoms with Gasteiger partial charge in [-0.3, -0.25) is 0 Å². The van der Waals surface area contributed by atoms with Gasteiger partial charge >= 0.3 is 0 Å². The van der Waals surface area contributed by atoms with Gasteiger partial charge in [-0.25, -0.2) is 0 Å². The lowest BCUT2D eigenvalue weighted by Gasteiger charge is -2.34. The fourth-order valence-corrected chi connectivity index (χ4v) is 3.21. The lowest BCUT2D eigenvalue weighted by atomic mass is 9.85. The van der Waals surface area contributed by atoms with Crippen molar-refractivity contribution in [1.29, 1.82) is 0 Å². The van der Waals surface area contributed by atoms with Crippen LogP contribution in [0.4, 0.5) is 0 Å². The molecule has 0 amide bonds. The number of aryl methyl sites for hydroxylation is 2. The van der Waals surface area contributed by atoms with Crippen LogP contribution in [-0.2, 0) is 6.42 Å². The molecule has 0 radical (unpaired) electrons. The maximum absolute atomic E-state index is 6.36. The van der Waals surface area contributed by atoms with Crippen LogP contribution >= 0.6 is 0 Å². The summed E-state index contributed by atoms with van der Waals surface area (Å²) in [6.07, 6.45) is 2.32. The molecule has 0 bridgehead atoms. The van der Waals surface area contributed by atoms with Crippen molar-refractivity contribution in [3.8, 4) is 5.75 Å². The number of likely N-dealkylation sites (N-methyl/N-ethyl adjacent to an activating group) is 1. The van der Waals surface area contributed by atoms with E-state index in [0.717, 1.165) is 18.6 Å². The first-order valence-electron chi connectivity index (χ1n) is 7.68. The van der Waals surface area contributed by atoms with E-state index in [0.29, 0.717) is 0 Å². The van der Waals surface area contributed by atoms with Crippen LogP contribution in [0.15, 0.2) is 42.5 Å². The molecule has 0 heterocycles. The molecule has 2 atom stereocenters. The Morgan fingerprint density at radius 2 is 1.86 bits per heavy atom. The summed E-state index contributed by atoms with van der Waals surface area (Å²) >= 11 is 0. The number of benzene rings is 2. The molecule has 0 aliphatic heterocycles. The standard InChI is InChI=1S/C19H23NO/c1-13-7-6-10-17(14(13)2)21-18-12-11-15-8-4-5-9-16(15)19(18)20-3/h4-10,18-20H,11-12H2,1-3H3. The maximum atomic E-state index is 6.36. The van der Waals surface area contributed by atoms with Gasteiger partial charge in [0.1, 0.15) is 11.9 Å². The van der Waals surface area contributed by atoms with Crippen LogP contribution in [0.25, 0.3) is 0 Å². The van der Waals surface area contributed by atoms with Crippen LogP contribution in [0.5, 0.6) is 5.75 Å². The molecule has 2 unspecified atom stereocenters. The number of rotatable bonds is 3. The first-order chi connectivity index (χ1) is 10.2. The quantitative estimate of drug-likeness (QED) is 0.919. The Balaban J connectivity index is 1.88. The number of nitrogens with one attached hydrogen (secondary N) is 1. The number of hydrogen-bond donors (Lipinski definition) is 1. The molecule has 0 aromatic heterocycles. The molecular formula is C19H23NO. The third-order valence-corrected chi connectivity index (χ3v) is 4.60. The van der Waals surface area contributed by atoms with E-state index in [1.165, 1.54) is 22.3 Å². The van der Waals surface area contributed by atoms with Gasteiger partial charge in [-0.1, -0.05) is 36.4 Å². The minimum absolute atomic E-state index is 0.186. The van der Waals surface area contributed by atoms with Crippen molar-refractivity contribution in [1.82, 2.24) is 5.32 Å². The normalized spacial score (nSPS) is 20.9. The largest absolute Gasteiger partial charge is 0.488 e. The van der Waals surface area contributed by atoms with Gasteiger partial charge in [0.25, 0.3) is 0 Å². The predicted octanol–water partition coefficient (Wildman–Crippen LogP) is 3.96. The molecule has 0 fully saturated rings. The molecule has 2 aromatic rings. The van der Waals surface area contributed by atoms with Gasteiger partial charge in [0, 0.05) is 0 Å². The van der Waals surface area contributed by atoms with Gasteiger partial charge in [-0.2, -0.15) is 0 Å². The molecule has 2 heteroatoms. The summed E-state index contributed by atoms with van der Waals surface area (Å²) in [5, 5.41) is 3.44. The zero-order valence-corrected chi connectivity index (χ0v) is 13.0. The number of fused-ring (bicyclic) bond motifs is 1. The van der Waals surface area contributed by atoms with Gasteiger partial charge in [0.15, 0.2) is 0 Å². The molecule has 1 aliphatic rings. The van der Waals surface area contributed by atoms with E-state index < -0.39 is 0 Å². The van der Waals surface area contributed by atoms with Crippen molar-refractivity contribution in [2.24, 2.45) is 0 Å². The first kappa shape index (κ1) is 14.2.